The Morgan fingerprint density at radius 3 is 2.32 bits per heavy atom. The van der Waals surface area contributed by atoms with Crippen molar-refractivity contribution in [1.82, 2.24) is 10.6 Å². The number of halogens is 1. The predicted octanol–water partition coefficient (Wildman–Crippen LogP) is 2.12. The highest BCUT2D eigenvalue weighted by atomic mass is 79.9. The minimum Gasteiger partial charge on any atom is -0.353 e. The van der Waals surface area contributed by atoms with Crippen LogP contribution in [0.3, 0.4) is 0 Å². The number of carbonyl (C=O) groups excluding carboxylic acids is 1. The van der Waals surface area contributed by atoms with E-state index >= 15 is 0 Å². The summed E-state index contributed by atoms with van der Waals surface area (Å²) in [4.78, 5) is 12.5. The van der Waals surface area contributed by atoms with Crippen LogP contribution in [0.5, 0.6) is 0 Å². The molecule has 1 rings (SSSR count). The average molecular weight is 391 g/mol. The highest BCUT2D eigenvalue weighted by Gasteiger charge is 2.42. The number of benzene rings is 1. The van der Waals surface area contributed by atoms with Crippen LogP contribution in [-0.4, -0.2) is 38.2 Å². The van der Waals surface area contributed by atoms with Crippen LogP contribution in [0.25, 0.3) is 0 Å². The fourth-order valence-corrected chi connectivity index (χ4v) is 3.57. The van der Waals surface area contributed by atoms with E-state index in [9.17, 15) is 13.2 Å². The maximum Gasteiger partial charge on any atom is 0.241 e. The Morgan fingerprint density at radius 1 is 1.27 bits per heavy atom. The topological polar surface area (TPSA) is 75.3 Å². The number of rotatable bonds is 7. The number of likely N-dealkylation sites (N-methyl/N-ethyl adjacent to an activating group) is 1. The zero-order chi connectivity index (χ0) is 17.0. The maximum absolute atomic E-state index is 12.7. The van der Waals surface area contributed by atoms with Crippen LogP contribution in [0.15, 0.2) is 33.6 Å². The normalized spacial score (nSPS) is 13.7. The molecule has 0 saturated heterocycles. The van der Waals surface area contributed by atoms with Gasteiger partial charge in [-0.05, 0) is 51.6 Å². The zero-order valence-electron chi connectivity index (χ0n) is 13.3. The van der Waals surface area contributed by atoms with Crippen molar-refractivity contribution in [3.8, 4) is 0 Å². The van der Waals surface area contributed by atoms with Gasteiger partial charge in [0.25, 0.3) is 0 Å². The van der Waals surface area contributed by atoms with Gasteiger partial charge in [-0.15, -0.1) is 0 Å². The van der Waals surface area contributed by atoms with Gasteiger partial charge in [0.1, 0.15) is 4.75 Å². The van der Waals surface area contributed by atoms with Crippen molar-refractivity contribution in [2.45, 2.75) is 43.4 Å². The molecule has 5 nitrogen and oxygen atoms in total. The lowest BCUT2D eigenvalue weighted by Crippen LogP contribution is -2.50. The first kappa shape index (κ1) is 19.1. The summed E-state index contributed by atoms with van der Waals surface area (Å²) in [5.74, 6) is -0.500. The molecule has 0 aliphatic rings. The minimum absolute atomic E-state index is 0.0835. The van der Waals surface area contributed by atoms with Crippen LogP contribution in [0.4, 0.5) is 0 Å². The average Bonchev–Trinajstić information content (AvgIpc) is 2.45. The third kappa shape index (κ3) is 4.30. The van der Waals surface area contributed by atoms with Gasteiger partial charge in [-0.2, -0.15) is 0 Å². The molecule has 2 N–H and O–H groups in total. The summed E-state index contributed by atoms with van der Waals surface area (Å²) in [6.07, 6.45) is 0. The van der Waals surface area contributed by atoms with Gasteiger partial charge in [0.05, 0.1) is 4.90 Å². The summed E-state index contributed by atoms with van der Waals surface area (Å²) < 4.78 is 24.6. The van der Waals surface area contributed by atoms with E-state index in [2.05, 4.69) is 26.6 Å². The lowest BCUT2D eigenvalue weighted by molar-refractivity contribution is -0.122. The number of hydrogen-bond acceptors (Lipinski definition) is 4. The highest BCUT2D eigenvalue weighted by Crippen LogP contribution is 2.26. The molecule has 124 valence electrons. The van der Waals surface area contributed by atoms with E-state index in [-0.39, 0.29) is 10.9 Å². The van der Waals surface area contributed by atoms with E-state index in [0.29, 0.717) is 6.54 Å². The molecule has 22 heavy (non-hydrogen) atoms. The van der Waals surface area contributed by atoms with E-state index in [1.54, 1.807) is 12.1 Å². The first-order valence-electron chi connectivity index (χ1n) is 7.14. The van der Waals surface area contributed by atoms with Gasteiger partial charge in [0.2, 0.25) is 5.91 Å². The number of carbonyl (C=O) groups is 1. The summed E-state index contributed by atoms with van der Waals surface area (Å²) in [7, 11) is -3.77. The lowest BCUT2D eigenvalue weighted by atomic mass is 10.2. The van der Waals surface area contributed by atoms with Gasteiger partial charge < -0.3 is 10.6 Å². The van der Waals surface area contributed by atoms with Gasteiger partial charge in [-0.1, -0.05) is 22.9 Å². The Hall–Kier alpha value is -0.920. The fraction of sp³-hybridized carbons (Fsp3) is 0.533. The number of nitrogens with one attached hydrogen (secondary N) is 2. The third-order valence-electron chi connectivity index (χ3n) is 3.46. The molecule has 0 spiro atoms. The molecule has 0 radical (unpaired) electrons. The predicted molar refractivity (Wildman–Crippen MR) is 91.6 cm³/mol. The van der Waals surface area contributed by atoms with Crippen LogP contribution in [0.2, 0.25) is 0 Å². The Kier molecular flexibility index (Phi) is 6.58. The number of sulfone groups is 1. The van der Waals surface area contributed by atoms with Gasteiger partial charge in [-0.3, -0.25) is 4.79 Å². The van der Waals surface area contributed by atoms with Crippen LogP contribution in [-0.2, 0) is 14.6 Å². The van der Waals surface area contributed by atoms with Crippen molar-refractivity contribution < 1.29 is 13.2 Å². The third-order valence-corrected chi connectivity index (χ3v) is 6.41. The standard InChI is InChI=1S/C15H23BrN2O3S/c1-5-17-11(2)10-18-14(19)15(3,4)22(20,21)13-8-6-12(16)7-9-13/h6-9,11,17H,5,10H2,1-4H3,(H,18,19)/t11-/m1/s1. The number of hydrogen-bond donors (Lipinski definition) is 2. The van der Waals surface area contributed by atoms with Gasteiger partial charge in [0.15, 0.2) is 9.84 Å². The Morgan fingerprint density at radius 2 is 1.82 bits per heavy atom. The second kappa shape index (κ2) is 7.57. The van der Waals surface area contributed by atoms with Crippen molar-refractivity contribution >= 4 is 31.7 Å². The van der Waals surface area contributed by atoms with E-state index < -0.39 is 20.5 Å². The summed E-state index contributed by atoms with van der Waals surface area (Å²) in [6.45, 7) is 7.93. The van der Waals surface area contributed by atoms with Crippen LogP contribution >= 0.6 is 15.9 Å². The monoisotopic (exact) mass is 390 g/mol. The second-order valence-electron chi connectivity index (χ2n) is 5.64. The van der Waals surface area contributed by atoms with Crippen molar-refractivity contribution in [2.75, 3.05) is 13.1 Å². The first-order valence-corrected chi connectivity index (χ1v) is 9.42. The molecule has 1 aromatic carbocycles. The van der Waals surface area contributed by atoms with Crippen LogP contribution in [0.1, 0.15) is 27.7 Å². The van der Waals surface area contributed by atoms with Crippen LogP contribution < -0.4 is 10.6 Å². The maximum atomic E-state index is 12.7. The summed E-state index contributed by atoms with van der Waals surface area (Å²) in [5, 5.41) is 5.86. The molecule has 0 aliphatic carbocycles. The molecule has 0 heterocycles. The smallest absolute Gasteiger partial charge is 0.241 e. The van der Waals surface area contributed by atoms with Gasteiger partial charge in [0, 0.05) is 17.1 Å². The highest BCUT2D eigenvalue weighted by molar-refractivity contribution is 9.10. The summed E-state index contributed by atoms with van der Waals surface area (Å²) >= 11 is 3.27. The molecule has 7 heteroatoms. The quantitative estimate of drug-likeness (QED) is 0.747. The SMILES string of the molecule is CCN[C@H](C)CNC(=O)C(C)(C)S(=O)(=O)c1ccc(Br)cc1. The van der Waals surface area contributed by atoms with Crippen molar-refractivity contribution in [1.29, 1.82) is 0 Å². The van der Waals surface area contributed by atoms with E-state index in [4.69, 9.17) is 0 Å². The molecule has 0 unspecified atom stereocenters. The zero-order valence-corrected chi connectivity index (χ0v) is 15.7. The van der Waals surface area contributed by atoms with E-state index in [0.717, 1.165) is 11.0 Å². The fourth-order valence-electron chi connectivity index (χ4n) is 1.91. The Bertz CT molecular complexity index is 612. The molecule has 1 amide bonds. The lowest BCUT2D eigenvalue weighted by Gasteiger charge is -2.25. The van der Waals surface area contributed by atoms with Crippen molar-refractivity contribution in [3.05, 3.63) is 28.7 Å². The van der Waals surface area contributed by atoms with Crippen LogP contribution in [0, 0.1) is 0 Å². The Labute approximate surface area is 140 Å². The molecular formula is C15H23BrN2O3S. The molecule has 0 bridgehead atoms. The first-order chi connectivity index (χ1) is 10.1. The Balaban J connectivity index is 2.91. The largest absolute Gasteiger partial charge is 0.353 e. The van der Waals surface area contributed by atoms with Gasteiger partial charge in [-0.25, -0.2) is 8.42 Å². The molecule has 1 aromatic rings. The molecular weight excluding hydrogens is 368 g/mol. The second-order valence-corrected chi connectivity index (χ2v) is 9.05. The van der Waals surface area contributed by atoms with E-state index in [1.807, 2.05) is 13.8 Å². The molecule has 0 aliphatic heterocycles. The summed E-state index contributed by atoms with van der Waals surface area (Å²) in [6, 6.07) is 6.37. The molecule has 1 atom stereocenters. The molecule has 0 fully saturated rings. The molecule has 0 aromatic heterocycles. The van der Waals surface area contributed by atoms with Crippen molar-refractivity contribution in [3.63, 3.8) is 0 Å². The van der Waals surface area contributed by atoms with E-state index in [1.165, 1.54) is 26.0 Å². The molecule has 0 saturated carbocycles. The number of amides is 1. The van der Waals surface area contributed by atoms with Crippen molar-refractivity contribution in [2.24, 2.45) is 0 Å². The minimum atomic E-state index is -3.77. The summed E-state index contributed by atoms with van der Waals surface area (Å²) in [5.41, 5.74) is 0. The van der Waals surface area contributed by atoms with Gasteiger partial charge >= 0.3 is 0 Å².